The fraction of sp³-hybridized carbons (Fsp3) is 0.929. The van der Waals surface area contributed by atoms with Crippen molar-refractivity contribution >= 4 is 5.97 Å². The molecule has 2 saturated carbocycles. The first-order chi connectivity index (χ1) is 8.74. The highest BCUT2D eigenvalue weighted by Crippen LogP contribution is 2.27. The number of hydrogen-bond acceptors (Lipinski definition) is 4. The number of ether oxygens (including phenoxy) is 1. The van der Waals surface area contributed by atoms with E-state index in [1.807, 2.05) is 6.92 Å². The Morgan fingerprint density at radius 3 is 2.56 bits per heavy atom. The van der Waals surface area contributed by atoms with Crippen molar-refractivity contribution in [1.29, 1.82) is 0 Å². The first kappa shape index (κ1) is 13.8. The molecule has 104 valence electrons. The Balaban J connectivity index is 1.77. The molecule has 2 rings (SSSR count). The molecule has 1 N–H and O–H groups in total. The molecule has 0 saturated heterocycles. The zero-order valence-corrected chi connectivity index (χ0v) is 11.7. The van der Waals surface area contributed by atoms with Gasteiger partial charge < -0.3 is 15.0 Å². The van der Waals surface area contributed by atoms with E-state index in [-0.39, 0.29) is 12.0 Å². The molecule has 2 fully saturated rings. The van der Waals surface area contributed by atoms with E-state index in [1.165, 1.54) is 25.7 Å². The van der Waals surface area contributed by atoms with Gasteiger partial charge in [-0.05, 0) is 45.6 Å². The van der Waals surface area contributed by atoms with Crippen LogP contribution in [0, 0.1) is 0 Å². The maximum absolute atomic E-state index is 11.9. The van der Waals surface area contributed by atoms with Crippen molar-refractivity contribution in [1.82, 2.24) is 10.2 Å². The third-order valence-corrected chi connectivity index (χ3v) is 3.76. The van der Waals surface area contributed by atoms with Crippen molar-refractivity contribution in [3.05, 3.63) is 0 Å². The summed E-state index contributed by atoms with van der Waals surface area (Å²) >= 11 is 0. The molecular weight excluding hydrogens is 228 g/mol. The summed E-state index contributed by atoms with van der Waals surface area (Å²) < 4.78 is 5.15. The summed E-state index contributed by atoms with van der Waals surface area (Å²) in [6.45, 7) is 6.64. The third-order valence-electron chi connectivity index (χ3n) is 3.76. The Kier molecular flexibility index (Phi) is 5.01. The van der Waals surface area contributed by atoms with E-state index in [4.69, 9.17) is 4.74 Å². The predicted octanol–water partition coefficient (Wildman–Crippen LogP) is 1.54. The van der Waals surface area contributed by atoms with Crippen LogP contribution in [0.25, 0.3) is 0 Å². The molecule has 0 amide bonds. The van der Waals surface area contributed by atoms with E-state index >= 15 is 0 Å². The minimum atomic E-state index is -0.106. The second kappa shape index (κ2) is 6.53. The number of carbonyl (C=O) groups is 1. The summed E-state index contributed by atoms with van der Waals surface area (Å²) in [7, 11) is 0. The topological polar surface area (TPSA) is 41.6 Å². The molecule has 18 heavy (non-hydrogen) atoms. The predicted molar refractivity (Wildman–Crippen MR) is 71.5 cm³/mol. The van der Waals surface area contributed by atoms with Gasteiger partial charge in [-0.1, -0.05) is 6.92 Å². The Bertz CT molecular complexity index is 275. The van der Waals surface area contributed by atoms with E-state index in [1.54, 1.807) is 0 Å². The average Bonchev–Trinajstić information content (AvgIpc) is 3.22. The molecule has 0 aromatic rings. The Labute approximate surface area is 110 Å². The average molecular weight is 254 g/mol. The quantitative estimate of drug-likeness (QED) is 0.634. The number of carbonyl (C=O) groups excluding carboxylic acids is 1. The van der Waals surface area contributed by atoms with Gasteiger partial charge in [0.1, 0.15) is 6.04 Å². The Morgan fingerprint density at radius 2 is 2.06 bits per heavy atom. The highest BCUT2D eigenvalue weighted by atomic mass is 16.5. The first-order valence-electron chi connectivity index (χ1n) is 7.41. The maximum atomic E-state index is 11.9. The largest absolute Gasteiger partial charge is 0.465 e. The fourth-order valence-electron chi connectivity index (χ4n) is 2.38. The first-order valence-corrected chi connectivity index (χ1v) is 7.41. The summed E-state index contributed by atoms with van der Waals surface area (Å²) in [5.74, 6) is -0.0729. The van der Waals surface area contributed by atoms with Crippen LogP contribution in [-0.2, 0) is 9.53 Å². The van der Waals surface area contributed by atoms with Gasteiger partial charge in [-0.15, -0.1) is 0 Å². The lowest BCUT2D eigenvalue weighted by Gasteiger charge is -2.23. The fourth-order valence-corrected chi connectivity index (χ4v) is 2.38. The van der Waals surface area contributed by atoms with E-state index in [0.717, 1.165) is 25.6 Å². The molecule has 0 radical (unpaired) electrons. The molecule has 4 nitrogen and oxygen atoms in total. The van der Waals surface area contributed by atoms with Crippen molar-refractivity contribution in [3.63, 3.8) is 0 Å². The van der Waals surface area contributed by atoms with Gasteiger partial charge in [0.05, 0.1) is 6.61 Å². The summed E-state index contributed by atoms with van der Waals surface area (Å²) in [5, 5.41) is 3.41. The number of esters is 1. The van der Waals surface area contributed by atoms with Gasteiger partial charge in [-0.2, -0.15) is 0 Å². The second-order valence-corrected chi connectivity index (χ2v) is 5.39. The molecule has 0 aromatic carbocycles. The van der Waals surface area contributed by atoms with Gasteiger partial charge >= 0.3 is 5.97 Å². The second-order valence-electron chi connectivity index (χ2n) is 5.39. The van der Waals surface area contributed by atoms with Gasteiger partial charge in [0.15, 0.2) is 0 Å². The number of hydrogen-bond donors (Lipinski definition) is 1. The zero-order valence-electron chi connectivity index (χ0n) is 11.7. The molecule has 2 aliphatic rings. The van der Waals surface area contributed by atoms with Crippen molar-refractivity contribution in [2.24, 2.45) is 0 Å². The molecule has 0 heterocycles. The van der Waals surface area contributed by atoms with Crippen LogP contribution in [0.3, 0.4) is 0 Å². The highest BCUT2D eigenvalue weighted by Gasteiger charge is 2.32. The molecule has 2 aliphatic carbocycles. The zero-order chi connectivity index (χ0) is 13.0. The van der Waals surface area contributed by atoms with Crippen LogP contribution in [-0.4, -0.2) is 48.7 Å². The lowest BCUT2D eigenvalue weighted by Crippen LogP contribution is -2.42. The monoisotopic (exact) mass is 254 g/mol. The molecule has 0 aliphatic heterocycles. The lowest BCUT2D eigenvalue weighted by atomic mass is 10.2. The number of nitrogens with zero attached hydrogens (tertiary/aromatic N) is 1. The van der Waals surface area contributed by atoms with Crippen LogP contribution in [0.5, 0.6) is 0 Å². The normalized spacial score (nSPS) is 21.1. The number of rotatable bonds is 9. The molecule has 0 bridgehead atoms. The summed E-state index contributed by atoms with van der Waals surface area (Å²) in [4.78, 5) is 14.4. The van der Waals surface area contributed by atoms with Crippen LogP contribution < -0.4 is 5.32 Å². The smallest absolute Gasteiger partial charge is 0.323 e. The SMILES string of the molecule is CCOC(=O)C(CCN(CC)C1CC1)NC1CC1. The van der Waals surface area contributed by atoms with E-state index < -0.39 is 0 Å². The van der Waals surface area contributed by atoms with Crippen molar-refractivity contribution < 1.29 is 9.53 Å². The number of nitrogens with one attached hydrogen (secondary N) is 1. The highest BCUT2D eigenvalue weighted by molar-refractivity contribution is 5.75. The van der Waals surface area contributed by atoms with Crippen LogP contribution in [0.15, 0.2) is 0 Å². The van der Waals surface area contributed by atoms with Crippen LogP contribution in [0.1, 0.15) is 46.0 Å². The van der Waals surface area contributed by atoms with Crippen molar-refractivity contribution in [2.45, 2.75) is 64.1 Å². The van der Waals surface area contributed by atoms with Gasteiger partial charge in [-0.25, -0.2) is 0 Å². The van der Waals surface area contributed by atoms with Crippen molar-refractivity contribution in [2.75, 3.05) is 19.7 Å². The molecule has 0 aromatic heterocycles. The van der Waals surface area contributed by atoms with E-state index in [9.17, 15) is 4.79 Å². The maximum Gasteiger partial charge on any atom is 0.323 e. The van der Waals surface area contributed by atoms with Gasteiger partial charge in [0.25, 0.3) is 0 Å². The van der Waals surface area contributed by atoms with E-state index in [0.29, 0.717) is 12.6 Å². The van der Waals surface area contributed by atoms with Gasteiger partial charge in [0, 0.05) is 18.6 Å². The van der Waals surface area contributed by atoms with Crippen LogP contribution >= 0.6 is 0 Å². The molecule has 0 spiro atoms. The minimum absolute atomic E-state index is 0.0729. The third kappa shape index (κ3) is 4.25. The molecule has 1 unspecified atom stereocenters. The Hall–Kier alpha value is -0.610. The van der Waals surface area contributed by atoms with E-state index in [2.05, 4.69) is 17.1 Å². The van der Waals surface area contributed by atoms with Gasteiger partial charge in [-0.3, -0.25) is 4.79 Å². The van der Waals surface area contributed by atoms with Crippen LogP contribution in [0.4, 0.5) is 0 Å². The van der Waals surface area contributed by atoms with Crippen molar-refractivity contribution in [3.8, 4) is 0 Å². The summed E-state index contributed by atoms with van der Waals surface area (Å²) in [5.41, 5.74) is 0. The molecule has 1 atom stereocenters. The molecular formula is C14H26N2O2. The minimum Gasteiger partial charge on any atom is -0.465 e. The summed E-state index contributed by atoms with van der Waals surface area (Å²) in [6, 6.07) is 1.22. The van der Waals surface area contributed by atoms with Gasteiger partial charge in [0.2, 0.25) is 0 Å². The molecule has 4 heteroatoms. The summed E-state index contributed by atoms with van der Waals surface area (Å²) in [6.07, 6.45) is 5.94. The van der Waals surface area contributed by atoms with Crippen LogP contribution in [0.2, 0.25) is 0 Å². The Morgan fingerprint density at radius 1 is 1.33 bits per heavy atom. The lowest BCUT2D eigenvalue weighted by molar-refractivity contribution is -0.146. The standard InChI is InChI=1S/C14H26N2O2/c1-3-16(12-7-8-12)10-9-13(14(17)18-4-2)15-11-5-6-11/h11-13,15H,3-10H2,1-2H3.